The molecule has 16 heavy (non-hydrogen) atoms. The Kier molecular flexibility index (Phi) is 2.94. The SMILES string of the molecule is CC1Cc2ccccc2C(C)N1N(O)C=N. The van der Waals surface area contributed by atoms with Gasteiger partial charge in [0.05, 0.1) is 6.04 Å². The second-order valence-electron chi connectivity index (χ2n) is 4.26. The number of hydrogen-bond acceptors (Lipinski definition) is 3. The molecular formula is C12H17N3O. The second-order valence-corrected chi connectivity index (χ2v) is 4.26. The first kappa shape index (κ1) is 11.1. The highest BCUT2D eigenvalue weighted by Crippen LogP contribution is 2.32. The molecule has 1 aliphatic heterocycles. The second kappa shape index (κ2) is 4.23. The van der Waals surface area contributed by atoms with Gasteiger partial charge in [-0.15, -0.1) is 0 Å². The van der Waals surface area contributed by atoms with Crippen LogP contribution >= 0.6 is 0 Å². The van der Waals surface area contributed by atoms with E-state index in [0.29, 0.717) is 0 Å². The molecule has 0 radical (unpaired) electrons. The summed E-state index contributed by atoms with van der Waals surface area (Å²) in [5, 5.41) is 19.5. The van der Waals surface area contributed by atoms with E-state index < -0.39 is 0 Å². The molecule has 1 aromatic carbocycles. The molecule has 2 rings (SSSR count). The van der Waals surface area contributed by atoms with Gasteiger partial charge in [-0.2, -0.15) is 10.2 Å². The van der Waals surface area contributed by atoms with Gasteiger partial charge >= 0.3 is 0 Å². The van der Waals surface area contributed by atoms with Crippen molar-refractivity contribution in [3.05, 3.63) is 35.4 Å². The number of benzene rings is 1. The first-order valence-electron chi connectivity index (χ1n) is 5.50. The van der Waals surface area contributed by atoms with Crippen molar-refractivity contribution < 1.29 is 5.21 Å². The van der Waals surface area contributed by atoms with E-state index in [1.807, 2.05) is 24.1 Å². The Morgan fingerprint density at radius 3 is 2.81 bits per heavy atom. The molecule has 86 valence electrons. The monoisotopic (exact) mass is 219 g/mol. The Hall–Kier alpha value is -1.39. The number of fused-ring (bicyclic) bond motifs is 1. The van der Waals surface area contributed by atoms with E-state index in [1.165, 1.54) is 11.1 Å². The van der Waals surface area contributed by atoms with E-state index >= 15 is 0 Å². The standard InChI is InChI=1S/C12H17N3O/c1-9-7-11-5-3-4-6-12(11)10(2)15(9)14(16)8-13/h3-6,8-10,13,16H,7H2,1-2H3. The van der Waals surface area contributed by atoms with Gasteiger partial charge in [0.1, 0.15) is 6.34 Å². The third-order valence-corrected chi connectivity index (χ3v) is 3.22. The van der Waals surface area contributed by atoms with Crippen molar-refractivity contribution in [3.8, 4) is 0 Å². The van der Waals surface area contributed by atoms with Crippen LogP contribution in [0.15, 0.2) is 24.3 Å². The van der Waals surface area contributed by atoms with Crippen LogP contribution in [0.2, 0.25) is 0 Å². The molecule has 0 spiro atoms. The van der Waals surface area contributed by atoms with Crippen molar-refractivity contribution in [1.29, 1.82) is 5.41 Å². The van der Waals surface area contributed by atoms with Crippen molar-refractivity contribution in [1.82, 2.24) is 10.2 Å². The maximum atomic E-state index is 9.67. The molecule has 0 saturated heterocycles. The molecule has 0 bridgehead atoms. The van der Waals surface area contributed by atoms with Gasteiger partial charge in [-0.1, -0.05) is 24.3 Å². The largest absolute Gasteiger partial charge is 0.288 e. The zero-order chi connectivity index (χ0) is 11.7. The predicted octanol–water partition coefficient (Wildman–Crippen LogP) is 2.21. The number of hydrazine groups is 1. The van der Waals surface area contributed by atoms with Crippen LogP contribution in [-0.2, 0) is 6.42 Å². The number of hydroxylamine groups is 1. The van der Waals surface area contributed by atoms with Crippen molar-refractivity contribution in [2.75, 3.05) is 0 Å². The van der Waals surface area contributed by atoms with Gasteiger partial charge in [-0.3, -0.25) is 10.6 Å². The lowest BCUT2D eigenvalue weighted by Crippen LogP contribution is -2.49. The molecule has 1 heterocycles. The van der Waals surface area contributed by atoms with Gasteiger partial charge < -0.3 is 0 Å². The van der Waals surface area contributed by atoms with Crippen LogP contribution in [-0.4, -0.2) is 27.8 Å². The molecular weight excluding hydrogens is 202 g/mol. The zero-order valence-electron chi connectivity index (χ0n) is 9.59. The highest BCUT2D eigenvalue weighted by Gasteiger charge is 2.31. The van der Waals surface area contributed by atoms with Crippen molar-refractivity contribution in [2.24, 2.45) is 0 Å². The normalized spacial score (nSPS) is 24.9. The van der Waals surface area contributed by atoms with Crippen LogP contribution < -0.4 is 0 Å². The topological polar surface area (TPSA) is 50.6 Å². The summed E-state index contributed by atoms with van der Waals surface area (Å²) < 4.78 is 0. The Labute approximate surface area is 95.5 Å². The lowest BCUT2D eigenvalue weighted by atomic mass is 9.91. The third kappa shape index (κ3) is 1.70. The summed E-state index contributed by atoms with van der Waals surface area (Å²) >= 11 is 0. The van der Waals surface area contributed by atoms with Crippen LogP contribution in [0.25, 0.3) is 0 Å². The number of nitrogens with one attached hydrogen (secondary N) is 1. The zero-order valence-corrected chi connectivity index (χ0v) is 9.59. The molecule has 0 aromatic heterocycles. The maximum absolute atomic E-state index is 9.67. The van der Waals surface area contributed by atoms with Gasteiger partial charge in [0.25, 0.3) is 0 Å². The Morgan fingerprint density at radius 2 is 2.12 bits per heavy atom. The first-order chi connectivity index (χ1) is 7.65. The van der Waals surface area contributed by atoms with E-state index in [0.717, 1.165) is 17.9 Å². The maximum Gasteiger partial charge on any atom is 0.126 e. The quantitative estimate of drug-likeness (QED) is 0.455. The van der Waals surface area contributed by atoms with Crippen molar-refractivity contribution in [3.63, 3.8) is 0 Å². The summed E-state index contributed by atoms with van der Waals surface area (Å²) in [5.74, 6) is 0. The summed E-state index contributed by atoms with van der Waals surface area (Å²) in [6.07, 6.45) is 1.83. The van der Waals surface area contributed by atoms with Crippen molar-refractivity contribution >= 4 is 6.34 Å². The van der Waals surface area contributed by atoms with Crippen LogP contribution in [0.5, 0.6) is 0 Å². The Balaban J connectivity index is 2.37. The lowest BCUT2D eigenvalue weighted by molar-refractivity contribution is -0.218. The molecule has 0 fully saturated rings. The summed E-state index contributed by atoms with van der Waals surface area (Å²) in [4.78, 5) is 0. The van der Waals surface area contributed by atoms with Gasteiger partial charge in [-0.25, -0.2) is 0 Å². The van der Waals surface area contributed by atoms with E-state index in [2.05, 4.69) is 19.1 Å². The fraction of sp³-hybridized carbons (Fsp3) is 0.417. The van der Waals surface area contributed by atoms with Crippen LogP contribution in [0.1, 0.15) is 31.0 Å². The smallest absolute Gasteiger partial charge is 0.126 e. The van der Waals surface area contributed by atoms with Crippen LogP contribution in [0.4, 0.5) is 0 Å². The number of nitrogens with zero attached hydrogens (tertiary/aromatic N) is 2. The lowest BCUT2D eigenvalue weighted by Gasteiger charge is -2.42. The third-order valence-electron chi connectivity index (χ3n) is 3.22. The minimum absolute atomic E-state index is 0.0894. The molecule has 1 aromatic rings. The summed E-state index contributed by atoms with van der Waals surface area (Å²) in [6.45, 7) is 4.10. The molecule has 0 saturated carbocycles. The molecule has 2 unspecified atom stereocenters. The summed E-state index contributed by atoms with van der Waals surface area (Å²) in [6, 6.07) is 8.54. The number of rotatable bonds is 2. The molecule has 2 N–H and O–H groups in total. The highest BCUT2D eigenvalue weighted by atomic mass is 16.5. The summed E-state index contributed by atoms with van der Waals surface area (Å²) in [5.41, 5.74) is 2.55. The minimum atomic E-state index is 0.0894. The van der Waals surface area contributed by atoms with Gasteiger partial charge in [0.15, 0.2) is 0 Å². The molecule has 0 amide bonds. The van der Waals surface area contributed by atoms with Gasteiger partial charge in [0.2, 0.25) is 0 Å². The predicted molar refractivity (Wildman–Crippen MR) is 62.3 cm³/mol. The molecule has 2 atom stereocenters. The molecule has 4 nitrogen and oxygen atoms in total. The molecule has 0 aliphatic carbocycles. The molecule has 4 heteroatoms. The van der Waals surface area contributed by atoms with Gasteiger partial charge in [-0.05, 0) is 31.4 Å². The average Bonchev–Trinajstić information content (AvgIpc) is 2.28. The Morgan fingerprint density at radius 1 is 1.44 bits per heavy atom. The Bertz CT molecular complexity index is 394. The summed E-state index contributed by atoms with van der Waals surface area (Å²) in [7, 11) is 0. The van der Waals surface area contributed by atoms with E-state index in [1.54, 1.807) is 0 Å². The van der Waals surface area contributed by atoms with Crippen molar-refractivity contribution in [2.45, 2.75) is 32.4 Å². The van der Waals surface area contributed by atoms with E-state index in [9.17, 15) is 5.21 Å². The van der Waals surface area contributed by atoms with Gasteiger partial charge in [0, 0.05) is 6.04 Å². The van der Waals surface area contributed by atoms with Crippen LogP contribution in [0.3, 0.4) is 0 Å². The fourth-order valence-corrected chi connectivity index (χ4v) is 2.51. The molecule has 1 aliphatic rings. The highest BCUT2D eigenvalue weighted by molar-refractivity contribution is 5.48. The average molecular weight is 219 g/mol. The van der Waals surface area contributed by atoms with E-state index in [-0.39, 0.29) is 12.1 Å². The van der Waals surface area contributed by atoms with E-state index in [4.69, 9.17) is 5.41 Å². The number of hydrogen-bond donors (Lipinski definition) is 2. The fourth-order valence-electron chi connectivity index (χ4n) is 2.51. The first-order valence-corrected chi connectivity index (χ1v) is 5.50. The minimum Gasteiger partial charge on any atom is -0.288 e. The van der Waals surface area contributed by atoms with Crippen LogP contribution in [0, 0.1) is 5.41 Å².